The first-order chi connectivity index (χ1) is 34.8. The predicted molar refractivity (Wildman–Crippen MR) is 273 cm³/mol. The van der Waals surface area contributed by atoms with Crippen molar-refractivity contribution in [2.45, 2.75) is 76.3 Å². The predicted octanol–water partition coefficient (Wildman–Crippen LogP) is 8.67. The van der Waals surface area contributed by atoms with Gasteiger partial charge in [-0.05, 0) is 78.1 Å². The van der Waals surface area contributed by atoms with E-state index in [0.717, 1.165) is 60.2 Å². The summed E-state index contributed by atoms with van der Waals surface area (Å²) in [5.74, 6) is 5.72. The van der Waals surface area contributed by atoms with Gasteiger partial charge in [-0.15, -0.1) is 0 Å². The number of quaternary nitrogens is 2. The van der Waals surface area contributed by atoms with Crippen LogP contribution in [0.1, 0.15) is 90.4 Å². The van der Waals surface area contributed by atoms with Crippen LogP contribution in [0.5, 0.6) is 57.5 Å². The first-order valence-corrected chi connectivity index (χ1v) is 24.9. The van der Waals surface area contributed by atoms with E-state index in [1.807, 2.05) is 24.3 Å². The summed E-state index contributed by atoms with van der Waals surface area (Å²) in [7, 11) is 20.8. The second kappa shape index (κ2) is 25.4. The van der Waals surface area contributed by atoms with Crippen molar-refractivity contribution in [2.75, 3.05) is 125 Å². The summed E-state index contributed by atoms with van der Waals surface area (Å²) in [5, 5.41) is 0. The van der Waals surface area contributed by atoms with Crippen LogP contribution in [0.2, 0.25) is 0 Å². The number of methoxy groups -OCH3 is 10. The number of unbranched alkanes of at least 4 members (excludes halogenated alkanes) is 2. The van der Waals surface area contributed by atoms with E-state index in [-0.39, 0.29) is 24.0 Å². The zero-order valence-corrected chi connectivity index (χ0v) is 44.7. The summed E-state index contributed by atoms with van der Waals surface area (Å²) in [6.45, 7) is 3.91. The van der Waals surface area contributed by atoms with Gasteiger partial charge in [0.25, 0.3) is 0 Å². The van der Waals surface area contributed by atoms with Gasteiger partial charge >= 0.3 is 11.9 Å². The summed E-state index contributed by atoms with van der Waals surface area (Å²) >= 11 is 0. The Labute approximate surface area is 426 Å². The summed E-state index contributed by atoms with van der Waals surface area (Å²) < 4.78 is 70.0. The molecule has 0 fully saturated rings. The van der Waals surface area contributed by atoms with Crippen molar-refractivity contribution in [1.29, 1.82) is 0 Å². The Hall–Kier alpha value is -6.26. The Balaban J connectivity index is 0.976. The van der Waals surface area contributed by atoms with Crippen molar-refractivity contribution in [3.8, 4) is 57.5 Å². The average Bonchev–Trinajstić information content (AvgIpc) is 3.40. The van der Waals surface area contributed by atoms with Crippen molar-refractivity contribution in [3.05, 3.63) is 81.9 Å². The van der Waals surface area contributed by atoms with Crippen LogP contribution in [-0.4, -0.2) is 145 Å². The lowest BCUT2D eigenvalue weighted by molar-refractivity contribution is -0.941. The highest BCUT2D eigenvalue weighted by Crippen LogP contribution is 2.49. The number of hydrogen-bond donors (Lipinski definition) is 0. The van der Waals surface area contributed by atoms with Crippen LogP contribution in [-0.2, 0) is 38.3 Å². The highest BCUT2D eigenvalue weighted by Gasteiger charge is 2.43. The topological polar surface area (TPSA) is 145 Å². The van der Waals surface area contributed by atoms with E-state index < -0.39 is 0 Å². The first-order valence-electron chi connectivity index (χ1n) is 24.9. The second-order valence-electron chi connectivity index (χ2n) is 19.0. The molecule has 394 valence electrons. The number of ether oxygens (including phenoxy) is 12. The fourth-order valence-electron chi connectivity index (χ4n) is 10.8. The smallest absolute Gasteiger partial charge is 0.305 e. The normalized spacial score (nSPS) is 18.9. The number of fused-ring (bicyclic) bond motifs is 2. The van der Waals surface area contributed by atoms with Gasteiger partial charge in [-0.3, -0.25) is 9.59 Å². The minimum absolute atomic E-state index is 0.0550. The number of nitrogens with zero attached hydrogens (tertiary/aromatic N) is 2. The zero-order chi connectivity index (χ0) is 52.0. The number of benzene rings is 4. The van der Waals surface area contributed by atoms with Crippen molar-refractivity contribution in [2.24, 2.45) is 0 Å². The molecule has 0 spiro atoms. The third-order valence-electron chi connectivity index (χ3n) is 14.7. The minimum Gasteiger partial charge on any atom is -0.493 e. The molecule has 0 N–H and O–H groups in total. The molecule has 0 saturated heterocycles. The van der Waals surface area contributed by atoms with Gasteiger partial charge < -0.3 is 65.8 Å². The fraction of sp³-hybridized carbons (Fsp3) is 0.536. The molecular formula is C56H78N2O14+2. The summed E-state index contributed by atoms with van der Waals surface area (Å²) in [6.07, 6.45) is 6.33. The maximum Gasteiger partial charge on any atom is 0.305 e. The van der Waals surface area contributed by atoms with Crippen LogP contribution in [0.25, 0.3) is 0 Å². The molecule has 2 aliphatic heterocycles. The molecule has 4 aromatic carbocycles. The van der Waals surface area contributed by atoms with E-state index in [1.54, 1.807) is 71.1 Å². The second-order valence-corrected chi connectivity index (χ2v) is 19.0. The number of esters is 2. The molecule has 0 bridgehead atoms. The van der Waals surface area contributed by atoms with E-state index in [0.29, 0.717) is 127 Å². The lowest BCUT2D eigenvalue weighted by atomic mass is 9.85. The molecule has 0 radical (unpaired) electrons. The van der Waals surface area contributed by atoms with Gasteiger partial charge in [-0.25, -0.2) is 0 Å². The summed E-state index contributed by atoms with van der Waals surface area (Å²) in [4.78, 5) is 25.8. The number of likely N-dealkylation sites (N-methyl/N-ethyl adjacent to an activating group) is 2. The van der Waals surface area contributed by atoms with Crippen LogP contribution in [0.3, 0.4) is 0 Å². The molecule has 0 amide bonds. The van der Waals surface area contributed by atoms with E-state index in [9.17, 15) is 9.59 Å². The van der Waals surface area contributed by atoms with Gasteiger partial charge in [0.2, 0.25) is 11.5 Å². The molecule has 0 aliphatic carbocycles. The van der Waals surface area contributed by atoms with Gasteiger partial charge in [0.1, 0.15) is 12.1 Å². The van der Waals surface area contributed by atoms with Crippen molar-refractivity contribution in [3.63, 3.8) is 0 Å². The highest BCUT2D eigenvalue weighted by atomic mass is 16.6. The monoisotopic (exact) mass is 1000 g/mol. The zero-order valence-electron chi connectivity index (χ0n) is 44.7. The van der Waals surface area contributed by atoms with E-state index in [1.165, 1.54) is 16.7 Å². The van der Waals surface area contributed by atoms with Crippen LogP contribution in [0, 0.1) is 0 Å². The van der Waals surface area contributed by atoms with Gasteiger partial charge in [-0.2, -0.15) is 0 Å². The maximum atomic E-state index is 12.9. The van der Waals surface area contributed by atoms with Crippen LogP contribution in [0.15, 0.2) is 48.5 Å². The molecule has 6 rings (SSSR count). The van der Waals surface area contributed by atoms with E-state index in [2.05, 4.69) is 38.4 Å². The first kappa shape index (κ1) is 55.1. The Morgan fingerprint density at radius 1 is 0.458 bits per heavy atom. The minimum atomic E-state index is -0.236. The van der Waals surface area contributed by atoms with Gasteiger partial charge in [-0.1, -0.05) is 6.42 Å². The molecular weight excluding hydrogens is 925 g/mol. The van der Waals surface area contributed by atoms with Crippen molar-refractivity contribution in [1.82, 2.24) is 0 Å². The third kappa shape index (κ3) is 12.5. The molecule has 2 aliphatic rings. The third-order valence-corrected chi connectivity index (χ3v) is 14.7. The van der Waals surface area contributed by atoms with E-state index in [4.69, 9.17) is 56.8 Å². The number of hydrogen-bond acceptors (Lipinski definition) is 14. The Kier molecular flexibility index (Phi) is 19.4. The van der Waals surface area contributed by atoms with Crippen molar-refractivity contribution >= 4 is 11.9 Å². The van der Waals surface area contributed by atoms with E-state index >= 15 is 0 Å². The van der Waals surface area contributed by atoms with Crippen LogP contribution < -0.4 is 47.4 Å². The molecule has 0 unspecified atom stereocenters. The van der Waals surface area contributed by atoms with Gasteiger partial charge in [0.05, 0.1) is 125 Å². The van der Waals surface area contributed by atoms with Crippen LogP contribution >= 0.6 is 0 Å². The maximum absolute atomic E-state index is 12.9. The largest absolute Gasteiger partial charge is 0.493 e. The molecule has 4 atom stereocenters. The number of rotatable bonds is 27. The Morgan fingerprint density at radius 3 is 1.32 bits per heavy atom. The Bertz CT molecular complexity index is 2430. The standard InChI is InChI=1S/C56H78N2O14/c1-57(24-20-38-31-44(61-3)46(63-5)35-41(38)43(57)28-37-29-48(65-7)55(69-11)49(30-37)66-8)22-16-26-71-52(59)18-14-13-15-19-53(60)72-27-17-23-58(2)25-21-39-32-45(62-4)47(64-6)36-42(39)54(58)40-33-50(67-9)56(70-12)51(34-40)68-10/h29-36,43,54H,13-28H2,1-12H3/q+2/t43-,54+,57-,58+/m1/s1. The molecule has 0 saturated carbocycles. The SMILES string of the molecule is COc1cc2c(cc1OC)[C@H](c1cc(OC)c(OC)c(OC)c1)[N@@+](C)(CCCOC(=O)CCCCCC(=O)OCCC[N@+]1(C)CCc3cc(OC)c(OC)cc3[C@H]1Cc1cc(OC)c(OC)c(OC)c1)CC2. The van der Waals surface area contributed by atoms with Crippen molar-refractivity contribution < 1.29 is 75.4 Å². The number of carbonyl (C=O) groups is 2. The lowest BCUT2D eigenvalue weighted by Gasteiger charge is -2.46. The van der Waals surface area contributed by atoms with Crippen LogP contribution in [0.4, 0.5) is 0 Å². The van der Waals surface area contributed by atoms with Gasteiger partial charge in [0, 0.05) is 61.6 Å². The molecule has 4 aromatic rings. The van der Waals surface area contributed by atoms with Gasteiger partial charge in [0.15, 0.2) is 46.0 Å². The molecule has 2 heterocycles. The average molecular weight is 1000 g/mol. The molecule has 72 heavy (non-hydrogen) atoms. The molecule has 16 heteroatoms. The number of carbonyl (C=O) groups excluding carboxylic acids is 2. The molecule has 0 aromatic heterocycles. The Morgan fingerprint density at radius 2 is 0.861 bits per heavy atom. The molecule has 16 nitrogen and oxygen atoms in total. The quantitative estimate of drug-likeness (QED) is 0.0319. The fourth-order valence-corrected chi connectivity index (χ4v) is 10.8. The highest BCUT2D eigenvalue weighted by molar-refractivity contribution is 5.70. The summed E-state index contributed by atoms with van der Waals surface area (Å²) in [5.41, 5.74) is 6.77. The summed E-state index contributed by atoms with van der Waals surface area (Å²) in [6, 6.07) is 16.3. The lowest BCUT2D eigenvalue weighted by Crippen LogP contribution is -2.52.